The van der Waals surface area contributed by atoms with Gasteiger partial charge in [0, 0.05) is 42.9 Å². The molecule has 49 heavy (non-hydrogen) atoms. The van der Waals surface area contributed by atoms with E-state index in [4.69, 9.17) is 4.74 Å². The molecule has 3 fully saturated rings. The number of anilines is 1. The summed E-state index contributed by atoms with van der Waals surface area (Å²) in [6.45, 7) is 8.70. The highest BCUT2D eigenvalue weighted by molar-refractivity contribution is 5.93. The Labute approximate surface area is 285 Å². The molecule has 2 aromatic rings. The number of fused-ring (bicyclic) bond motifs is 1. The Morgan fingerprint density at radius 2 is 1.78 bits per heavy atom. The molecule has 11 nitrogen and oxygen atoms in total. The molecule has 5 rings (SSSR count). The average molecular weight is 690 g/mol. The number of amides is 3. The van der Waals surface area contributed by atoms with E-state index >= 15 is 0 Å². The van der Waals surface area contributed by atoms with Gasteiger partial charge in [0.15, 0.2) is 5.82 Å². The number of nitrogens with zero attached hydrogens (tertiary/aromatic N) is 3. The molecule has 4 N–H and O–H groups in total. The van der Waals surface area contributed by atoms with Crippen molar-refractivity contribution in [3.8, 4) is 0 Å². The van der Waals surface area contributed by atoms with Gasteiger partial charge in [-0.1, -0.05) is 19.3 Å². The van der Waals surface area contributed by atoms with Crippen LogP contribution in [0.4, 0.5) is 19.0 Å². The molecule has 4 atom stereocenters. The molecule has 3 amide bonds. The summed E-state index contributed by atoms with van der Waals surface area (Å²) in [6.07, 6.45) is 3.14. The Morgan fingerprint density at radius 3 is 2.47 bits per heavy atom. The van der Waals surface area contributed by atoms with Gasteiger partial charge in [0.1, 0.15) is 18.5 Å². The van der Waals surface area contributed by atoms with Crippen molar-refractivity contribution >= 4 is 34.4 Å². The van der Waals surface area contributed by atoms with Gasteiger partial charge in [-0.2, -0.15) is 13.2 Å². The molecule has 1 saturated heterocycles. The standard InChI is InChI=1S/C35H50F3N7O4/c1-21(46)40-28-19-24(44-34(2,3)4)11-13-29(28)45-16-14-27(33(45)48)42-31-25-18-23(35(36,37)38)10-12-26(25)41-30(43-31)20-49-17-15-39-32(47)22-8-6-5-7-9-22/h10,12,18,22,24,27-29,44H,5-9,11,13-17,19-20H2,1-4H3,(H,39,47)(H,40,46)(H,41,42,43)/t24-,27+,28-,29+/m1/s1. The van der Waals surface area contributed by atoms with Crippen LogP contribution in [0.25, 0.3) is 10.9 Å². The minimum atomic E-state index is -4.57. The van der Waals surface area contributed by atoms with Crippen LogP contribution < -0.4 is 21.3 Å². The predicted octanol–water partition coefficient (Wildman–Crippen LogP) is 4.69. The van der Waals surface area contributed by atoms with E-state index in [1.54, 1.807) is 4.90 Å². The number of likely N-dealkylation sites (tertiary alicyclic amines) is 1. The summed E-state index contributed by atoms with van der Waals surface area (Å²) in [5.74, 6) is 0.0854. The van der Waals surface area contributed by atoms with Crippen LogP contribution in [0.3, 0.4) is 0 Å². The number of rotatable bonds is 11. The zero-order valence-corrected chi connectivity index (χ0v) is 28.9. The van der Waals surface area contributed by atoms with Gasteiger partial charge in [-0.05, 0) is 77.5 Å². The Morgan fingerprint density at radius 1 is 1.02 bits per heavy atom. The van der Waals surface area contributed by atoms with E-state index in [0.717, 1.165) is 50.7 Å². The van der Waals surface area contributed by atoms with Crippen LogP contribution in [0.5, 0.6) is 0 Å². The Hall–Kier alpha value is -3.52. The summed E-state index contributed by atoms with van der Waals surface area (Å²) in [6, 6.07) is 2.28. The lowest BCUT2D eigenvalue weighted by Crippen LogP contribution is -2.59. The average Bonchev–Trinajstić information content (AvgIpc) is 3.38. The number of nitrogens with one attached hydrogen (secondary N) is 4. The Kier molecular flexibility index (Phi) is 11.7. The molecule has 14 heteroatoms. The first kappa shape index (κ1) is 36.8. The van der Waals surface area contributed by atoms with E-state index in [1.807, 2.05) is 0 Å². The fraction of sp³-hybridized carbons (Fsp3) is 0.686. The molecule has 1 aromatic heterocycles. The molecular formula is C35H50F3N7O4. The lowest BCUT2D eigenvalue weighted by atomic mass is 9.84. The maximum Gasteiger partial charge on any atom is 0.416 e. The van der Waals surface area contributed by atoms with Crippen molar-refractivity contribution in [2.75, 3.05) is 25.0 Å². The molecule has 0 unspecified atom stereocenters. The number of carbonyl (C=O) groups excluding carboxylic acids is 3. The molecule has 3 aliphatic rings. The highest BCUT2D eigenvalue weighted by atomic mass is 19.4. The van der Waals surface area contributed by atoms with Crippen molar-refractivity contribution in [2.24, 2.45) is 5.92 Å². The number of alkyl halides is 3. The summed E-state index contributed by atoms with van der Waals surface area (Å²) >= 11 is 0. The third-order valence-corrected chi connectivity index (χ3v) is 9.61. The second kappa shape index (κ2) is 15.6. The maximum atomic E-state index is 13.9. The molecule has 0 bridgehead atoms. The number of ether oxygens (including phenoxy) is 1. The van der Waals surface area contributed by atoms with Crippen LogP contribution in [0, 0.1) is 5.92 Å². The molecule has 2 heterocycles. The van der Waals surface area contributed by atoms with E-state index in [0.29, 0.717) is 32.4 Å². The van der Waals surface area contributed by atoms with Gasteiger partial charge in [0.2, 0.25) is 17.7 Å². The monoisotopic (exact) mass is 689 g/mol. The number of halogens is 3. The van der Waals surface area contributed by atoms with Gasteiger partial charge in [0.05, 0.1) is 29.8 Å². The molecule has 270 valence electrons. The Bertz CT molecular complexity index is 1490. The lowest BCUT2D eigenvalue weighted by molar-refractivity contribution is -0.137. The molecule has 1 aromatic carbocycles. The number of hydrogen-bond acceptors (Lipinski definition) is 8. The first-order chi connectivity index (χ1) is 23.2. The third-order valence-electron chi connectivity index (χ3n) is 9.61. The van der Waals surface area contributed by atoms with Gasteiger partial charge in [0.25, 0.3) is 0 Å². The lowest BCUT2D eigenvalue weighted by Gasteiger charge is -2.43. The minimum absolute atomic E-state index is 0.0279. The number of benzene rings is 1. The zero-order chi connectivity index (χ0) is 35.3. The molecule has 2 saturated carbocycles. The van der Waals surface area contributed by atoms with Crippen molar-refractivity contribution in [3.05, 3.63) is 29.6 Å². The molecular weight excluding hydrogens is 639 g/mol. The zero-order valence-electron chi connectivity index (χ0n) is 28.9. The highest BCUT2D eigenvalue weighted by Gasteiger charge is 2.43. The molecule has 0 radical (unpaired) electrons. The van der Waals surface area contributed by atoms with Crippen LogP contribution in [-0.2, 0) is 31.9 Å². The van der Waals surface area contributed by atoms with E-state index in [2.05, 4.69) is 52.0 Å². The highest BCUT2D eigenvalue weighted by Crippen LogP contribution is 2.34. The van der Waals surface area contributed by atoms with Gasteiger partial charge in [-0.25, -0.2) is 9.97 Å². The fourth-order valence-electron chi connectivity index (χ4n) is 7.46. The van der Waals surface area contributed by atoms with Crippen molar-refractivity contribution in [1.82, 2.24) is 30.8 Å². The van der Waals surface area contributed by atoms with E-state index in [1.165, 1.54) is 13.0 Å². The van der Waals surface area contributed by atoms with Crippen molar-refractivity contribution in [1.29, 1.82) is 0 Å². The van der Waals surface area contributed by atoms with Crippen LogP contribution in [-0.4, -0.2) is 82.0 Å². The summed E-state index contributed by atoms with van der Waals surface area (Å²) in [7, 11) is 0. The maximum absolute atomic E-state index is 13.9. The van der Waals surface area contributed by atoms with Crippen molar-refractivity contribution < 1.29 is 32.3 Å². The third kappa shape index (κ3) is 9.80. The largest absolute Gasteiger partial charge is 0.416 e. The first-order valence-corrected chi connectivity index (χ1v) is 17.5. The smallest absolute Gasteiger partial charge is 0.372 e. The summed E-state index contributed by atoms with van der Waals surface area (Å²) in [5, 5.41) is 12.9. The molecule has 2 aliphatic carbocycles. The van der Waals surface area contributed by atoms with E-state index in [9.17, 15) is 27.6 Å². The number of aromatic nitrogens is 2. The second-order valence-electron chi connectivity index (χ2n) is 14.7. The molecule has 1 aliphatic heterocycles. The summed E-state index contributed by atoms with van der Waals surface area (Å²) < 4.78 is 46.9. The number of hydrogen-bond donors (Lipinski definition) is 4. The SMILES string of the molecule is CC(=O)N[C@@H]1C[C@H](NC(C)(C)C)CC[C@@H]1N1CC[C@H](Nc2nc(COCCNC(=O)C3CCCCC3)nc3ccc(C(F)(F)F)cc23)C1=O. The quantitative estimate of drug-likeness (QED) is 0.250. The normalized spacial score (nSPS) is 23.9. The topological polar surface area (TPSA) is 138 Å². The van der Waals surface area contributed by atoms with Crippen LogP contribution in [0.15, 0.2) is 18.2 Å². The van der Waals surface area contributed by atoms with Gasteiger partial charge in [-0.15, -0.1) is 0 Å². The van der Waals surface area contributed by atoms with Crippen LogP contribution in [0.1, 0.15) is 96.9 Å². The van der Waals surface area contributed by atoms with E-state index < -0.39 is 17.8 Å². The van der Waals surface area contributed by atoms with Gasteiger partial charge < -0.3 is 30.9 Å². The van der Waals surface area contributed by atoms with E-state index in [-0.39, 0.29) is 83.1 Å². The minimum Gasteiger partial charge on any atom is -0.372 e. The number of carbonyl (C=O) groups is 3. The fourth-order valence-corrected chi connectivity index (χ4v) is 7.46. The summed E-state index contributed by atoms with van der Waals surface area (Å²) in [4.78, 5) is 49.2. The van der Waals surface area contributed by atoms with Gasteiger partial charge in [-0.3, -0.25) is 14.4 Å². The second-order valence-corrected chi connectivity index (χ2v) is 14.7. The van der Waals surface area contributed by atoms with Gasteiger partial charge >= 0.3 is 6.18 Å². The Balaban J connectivity index is 1.28. The first-order valence-electron chi connectivity index (χ1n) is 17.5. The predicted molar refractivity (Wildman–Crippen MR) is 179 cm³/mol. The van der Waals surface area contributed by atoms with Crippen molar-refractivity contribution in [2.45, 2.75) is 128 Å². The summed E-state index contributed by atoms with van der Waals surface area (Å²) in [5.41, 5.74) is -0.660. The van der Waals surface area contributed by atoms with Crippen LogP contribution >= 0.6 is 0 Å². The molecule has 0 spiro atoms. The van der Waals surface area contributed by atoms with Crippen molar-refractivity contribution in [3.63, 3.8) is 0 Å². The van der Waals surface area contributed by atoms with Crippen LogP contribution in [0.2, 0.25) is 0 Å².